The third kappa shape index (κ3) is 3.12. The number of hydrogen-bond acceptors (Lipinski definition) is 4. The van der Waals surface area contributed by atoms with E-state index in [0.717, 1.165) is 6.07 Å². The zero-order valence-corrected chi connectivity index (χ0v) is 11.3. The van der Waals surface area contributed by atoms with Crippen LogP contribution in [0.4, 0.5) is 5.69 Å². The van der Waals surface area contributed by atoms with Crippen molar-refractivity contribution in [2.24, 2.45) is 7.05 Å². The van der Waals surface area contributed by atoms with Crippen LogP contribution in [-0.2, 0) is 13.6 Å². The lowest BCUT2D eigenvalue weighted by atomic mass is 10.2. The Labute approximate surface area is 119 Å². The highest BCUT2D eigenvalue weighted by Gasteiger charge is 2.14. The van der Waals surface area contributed by atoms with Gasteiger partial charge in [0.1, 0.15) is 0 Å². The number of halogens is 1. The maximum Gasteiger partial charge on any atom is 0.270 e. The Morgan fingerprint density at radius 2 is 2.25 bits per heavy atom. The van der Waals surface area contributed by atoms with Crippen LogP contribution in [0.3, 0.4) is 0 Å². The number of carbonyl (C=O) groups is 1. The Hall–Kier alpha value is -2.41. The molecule has 1 aromatic heterocycles. The van der Waals surface area contributed by atoms with Crippen LogP contribution in [0.25, 0.3) is 0 Å². The van der Waals surface area contributed by atoms with Crippen LogP contribution in [0.15, 0.2) is 30.5 Å². The van der Waals surface area contributed by atoms with Gasteiger partial charge in [-0.15, -0.1) is 0 Å². The predicted octanol–water partition coefficient (Wildman–Crippen LogP) is 1.91. The number of carbonyl (C=O) groups excluding carboxylic acids is 1. The molecule has 104 valence electrons. The number of aromatic nitrogens is 2. The van der Waals surface area contributed by atoms with Crippen LogP contribution < -0.4 is 5.32 Å². The minimum atomic E-state index is -0.568. The molecule has 1 amide bonds. The third-order valence-corrected chi connectivity index (χ3v) is 2.92. The van der Waals surface area contributed by atoms with Crippen LogP contribution in [0.1, 0.15) is 16.1 Å². The molecule has 1 aromatic carbocycles. The van der Waals surface area contributed by atoms with Crippen LogP contribution in [0, 0.1) is 10.1 Å². The summed E-state index contributed by atoms with van der Waals surface area (Å²) < 4.78 is 1.63. The van der Waals surface area contributed by atoms with Gasteiger partial charge in [0.15, 0.2) is 0 Å². The zero-order valence-electron chi connectivity index (χ0n) is 10.5. The molecule has 0 saturated heterocycles. The van der Waals surface area contributed by atoms with Crippen molar-refractivity contribution in [2.75, 3.05) is 0 Å². The van der Waals surface area contributed by atoms with Gasteiger partial charge in [-0.1, -0.05) is 11.6 Å². The topological polar surface area (TPSA) is 90.1 Å². The van der Waals surface area contributed by atoms with Crippen molar-refractivity contribution in [3.05, 3.63) is 56.9 Å². The normalized spacial score (nSPS) is 10.3. The van der Waals surface area contributed by atoms with Gasteiger partial charge in [-0.05, 0) is 12.1 Å². The number of nitrogens with one attached hydrogen (secondary N) is 1. The van der Waals surface area contributed by atoms with E-state index in [1.807, 2.05) is 0 Å². The number of nitro benzene ring substituents is 1. The fraction of sp³-hybridized carbons (Fsp3) is 0.167. The van der Waals surface area contributed by atoms with Crippen molar-refractivity contribution >= 4 is 23.2 Å². The van der Waals surface area contributed by atoms with Gasteiger partial charge >= 0.3 is 0 Å². The second-order valence-corrected chi connectivity index (χ2v) is 4.49. The number of benzene rings is 1. The standard InChI is InChI=1S/C12H11ClN4O3/c1-16-5-4-8(15-16)7-14-12(18)10-3-2-9(17(19)20)6-11(10)13/h2-6H,7H2,1H3,(H,14,18). The maximum absolute atomic E-state index is 11.9. The zero-order chi connectivity index (χ0) is 14.7. The summed E-state index contributed by atoms with van der Waals surface area (Å²) in [4.78, 5) is 21.9. The SMILES string of the molecule is Cn1ccc(CNC(=O)c2ccc([N+](=O)[O-])cc2Cl)n1. The Bertz CT molecular complexity index is 668. The van der Waals surface area contributed by atoms with E-state index in [2.05, 4.69) is 10.4 Å². The molecule has 7 nitrogen and oxygen atoms in total. The molecule has 0 bridgehead atoms. The molecule has 0 aliphatic heterocycles. The summed E-state index contributed by atoms with van der Waals surface area (Å²) in [6.45, 7) is 0.257. The van der Waals surface area contributed by atoms with Gasteiger partial charge in [0, 0.05) is 25.4 Å². The molecule has 1 N–H and O–H groups in total. The van der Waals surface area contributed by atoms with Gasteiger partial charge in [0.2, 0.25) is 0 Å². The maximum atomic E-state index is 11.9. The first kappa shape index (κ1) is 14.0. The second-order valence-electron chi connectivity index (χ2n) is 4.08. The molecular weight excluding hydrogens is 284 g/mol. The molecule has 2 aromatic rings. The molecule has 0 spiro atoms. The lowest BCUT2D eigenvalue weighted by Crippen LogP contribution is -2.23. The minimum Gasteiger partial charge on any atom is -0.346 e. The number of nitrogens with zero attached hydrogens (tertiary/aromatic N) is 3. The molecule has 0 aliphatic carbocycles. The summed E-state index contributed by atoms with van der Waals surface area (Å²) >= 11 is 5.87. The smallest absolute Gasteiger partial charge is 0.270 e. The molecule has 0 aliphatic rings. The highest BCUT2D eigenvalue weighted by molar-refractivity contribution is 6.34. The third-order valence-electron chi connectivity index (χ3n) is 2.61. The van der Waals surface area contributed by atoms with E-state index in [1.54, 1.807) is 24.0 Å². The molecule has 0 saturated carbocycles. The molecular formula is C12H11ClN4O3. The van der Waals surface area contributed by atoms with E-state index in [1.165, 1.54) is 12.1 Å². The molecule has 0 fully saturated rings. The molecule has 2 rings (SSSR count). The number of nitro groups is 1. The Kier molecular flexibility index (Phi) is 3.99. The van der Waals surface area contributed by atoms with Gasteiger partial charge < -0.3 is 5.32 Å². The highest BCUT2D eigenvalue weighted by Crippen LogP contribution is 2.22. The number of amides is 1. The average Bonchev–Trinajstić information content (AvgIpc) is 2.81. The molecule has 20 heavy (non-hydrogen) atoms. The summed E-state index contributed by atoms with van der Waals surface area (Å²) in [5.74, 6) is -0.407. The van der Waals surface area contributed by atoms with Crippen LogP contribution in [0.5, 0.6) is 0 Å². The van der Waals surface area contributed by atoms with E-state index >= 15 is 0 Å². The summed E-state index contributed by atoms with van der Waals surface area (Å²) in [5, 5.41) is 17.4. The van der Waals surface area contributed by atoms with Gasteiger partial charge in [0.05, 0.1) is 27.7 Å². The van der Waals surface area contributed by atoms with E-state index in [4.69, 9.17) is 11.6 Å². The van der Waals surface area contributed by atoms with Crippen molar-refractivity contribution < 1.29 is 9.72 Å². The number of non-ortho nitro benzene ring substituents is 1. The highest BCUT2D eigenvalue weighted by atomic mass is 35.5. The number of hydrogen-bond donors (Lipinski definition) is 1. The largest absolute Gasteiger partial charge is 0.346 e. The van der Waals surface area contributed by atoms with Crippen molar-refractivity contribution in [3.63, 3.8) is 0 Å². The van der Waals surface area contributed by atoms with Gasteiger partial charge in [-0.25, -0.2) is 0 Å². The number of rotatable bonds is 4. The van der Waals surface area contributed by atoms with Gasteiger partial charge in [-0.2, -0.15) is 5.10 Å². The number of aryl methyl sites for hydroxylation is 1. The summed E-state index contributed by atoms with van der Waals surface area (Å²) in [7, 11) is 1.78. The lowest BCUT2D eigenvalue weighted by Gasteiger charge is -2.05. The van der Waals surface area contributed by atoms with Gasteiger partial charge in [-0.3, -0.25) is 19.6 Å². The molecule has 8 heteroatoms. The van der Waals surface area contributed by atoms with E-state index in [9.17, 15) is 14.9 Å². The van der Waals surface area contributed by atoms with Crippen molar-refractivity contribution in [1.29, 1.82) is 0 Å². The summed E-state index contributed by atoms with van der Waals surface area (Å²) in [6.07, 6.45) is 1.76. The second kappa shape index (κ2) is 5.70. The fourth-order valence-corrected chi connectivity index (χ4v) is 1.89. The van der Waals surface area contributed by atoms with E-state index in [0.29, 0.717) is 5.69 Å². The van der Waals surface area contributed by atoms with Crippen LogP contribution >= 0.6 is 11.6 Å². The molecule has 1 heterocycles. The summed E-state index contributed by atoms with van der Waals surface area (Å²) in [5.41, 5.74) is 0.739. The first-order chi connectivity index (χ1) is 9.47. The first-order valence-electron chi connectivity index (χ1n) is 5.68. The Morgan fingerprint density at radius 3 is 2.80 bits per heavy atom. The van der Waals surface area contributed by atoms with Crippen molar-refractivity contribution in [3.8, 4) is 0 Å². The monoisotopic (exact) mass is 294 g/mol. The lowest BCUT2D eigenvalue weighted by molar-refractivity contribution is -0.384. The molecule has 0 atom stereocenters. The Morgan fingerprint density at radius 1 is 1.50 bits per heavy atom. The molecule has 0 unspecified atom stereocenters. The molecule has 0 radical (unpaired) electrons. The Balaban J connectivity index is 2.07. The van der Waals surface area contributed by atoms with E-state index in [-0.39, 0.29) is 22.8 Å². The average molecular weight is 295 g/mol. The predicted molar refractivity (Wildman–Crippen MR) is 72.5 cm³/mol. The fourth-order valence-electron chi connectivity index (χ4n) is 1.63. The van der Waals surface area contributed by atoms with Crippen LogP contribution in [0.2, 0.25) is 5.02 Å². The van der Waals surface area contributed by atoms with Crippen molar-refractivity contribution in [2.45, 2.75) is 6.54 Å². The quantitative estimate of drug-likeness (QED) is 0.689. The van der Waals surface area contributed by atoms with Gasteiger partial charge in [0.25, 0.3) is 11.6 Å². The van der Waals surface area contributed by atoms with Crippen molar-refractivity contribution in [1.82, 2.24) is 15.1 Å². The minimum absolute atomic E-state index is 0.0396. The van der Waals surface area contributed by atoms with Crippen LogP contribution in [-0.4, -0.2) is 20.6 Å². The first-order valence-corrected chi connectivity index (χ1v) is 6.06. The van der Waals surface area contributed by atoms with E-state index < -0.39 is 10.8 Å². The summed E-state index contributed by atoms with van der Waals surface area (Å²) in [6, 6.07) is 5.49.